The van der Waals surface area contributed by atoms with E-state index >= 15 is 0 Å². The van der Waals surface area contributed by atoms with Gasteiger partial charge in [0.15, 0.2) is 5.69 Å². The Morgan fingerprint density at radius 3 is 2.37 bits per heavy atom. The van der Waals surface area contributed by atoms with Crippen LogP contribution in [0.1, 0.15) is 36.2 Å². The number of hydrogen-bond donors (Lipinski definition) is 1. The Balaban J connectivity index is 1.73. The number of nitrogens with one attached hydrogen (secondary N) is 1. The van der Waals surface area contributed by atoms with Gasteiger partial charge in [-0.3, -0.25) is 9.48 Å². The van der Waals surface area contributed by atoms with E-state index in [0.29, 0.717) is 5.69 Å². The molecule has 1 atom stereocenters. The molecule has 2 heterocycles. The highest BCUT2D eigenvalue weighted by atomic mass is 16.2. The molecule has 0 radical (unpaired) electrons. The molecule has 27 heavy (non-hydrogen) atoms. The van der Waals surface area contributed by atoms with Crippen LogP contribution in [0.25, 0.3) is 21.9 Å². The van der Waals surface area contributed by atoms with Gasteiger partial charge in [-0.2, -0.15) is 5.10 Å². The van der Waals surface area contributed by atoms with E-state index in [-0.39, 0.29) is 17.9 Å². The predicted octanol–water partition coefficient (Wildman–Crippen LogP) is 3.59. The van der Waals surface area contributed by atoms with Gasteiger partial charge in [-0.15, -0.1) is 0 Å². The van der Waals surface area contributed by atoms with Crippen LogP contribution >= 0.6 is 0 Å². The molecule has 0 saturated carbocycles. The summed E-state index contributed by atoms with van der Waals surface area (Å²) in [6.45, 7) is 4.17. The minimum absolute atomic E-state index is 0.180. The Morgan fingerprint density at radius 1 is 1.00 bits per heavy atom. The molecular formula is C21H23N5O. The first-order valence-electron chi connectivity index (χ1n) is 9.11. The van der Waals surface area contributed by atoms with Crippen molar-refractivity contribution in [3.8, 4) is 0 Å². The van der Waals surface area contributed by atoms with E-state index in [4.69, 9.17) is 4.98 Å². The van der Waals surface area contributed by atoms with Crippen LogP contribution in [0.4, 0.5) is 0 Å². The summed E-state index contributed by atoms with van der Waals surface area (Å²) >= 11 is 0. The third kappa shape index (κ3) is 2.87. The molecular weight excluding hydrogens is 338 g/mol. The minimum Gasteiger partial charge on any atom is -0.340 e. The van der Waals surface area contributed by atoms with Gasteiger partial charge in [0.2, 0.25) is 0 Å². The third-order valence-corrected chi connectivity index (χ3v) is 5.03. The van der Waals surface area contributed by atoms with E-state index < -0.39 is 0 Å². The lowest BCUT2D eigenvalue weighted by molar-refractivity contribution is 0.0918. The van der Waals surface area contributed by atoms with E-state index in [9.17, 15) is 4.79 Å². The Labute approximate surface area is 157 Å². The molecule has 0 bridgehead atoms. The summed E-state index contributed by atoms with van der Waals surface area (Å²) in [6, 6.07) is 15.5. The van der Waals surface area contributed by atoms with Gasteiger partial charge < -0.3 is 9.88 Å². The topological polar surface area (TPSA) is 64.7 Å². The van der Waals surface area contributed by atoms with Gasteiger partial charge in [0.05, 0.1) is 22.6 Å². The first-order chi connectivity index (χ1) is 13.0. The average molecular weight is 361 g/mol. The van der Waals surface area contributed by atoms with Gasteiger partial charge in [-0.1, -0.05) is 44.2 Å². The predicted molar refractivity (Wildman–Crippen MR) is 106 cm³/mol. The van der Waals surface area contributed by atoms with Gasteiger partial charge in [-0.25, -0.2) is 4.98 Å². The number of hydrogen-bond acceptors (Lipinski definition) is 3. The van der Waals surface area contributed by atoms with E-state index in [0.717, 1.165) is 27.8 Å². The lowest BCUT2D eigenvalue weighted by Crippen LogP contribution is -2.33. The third-order valence-electron chi connectivity index (χ3n) is 5.03. The number of benzene rings is 2. The molecule has 6 heteroatoms. The molecule has 4 rings (SSSR count). The fourth-order valence-electron chi connectivity index (χ4n) is 3.56. The lowest BCUT2D eigenvalue weighted by atomic mass is 10.0. The van der Waals surface area contributed by atoms with Crippen molar-refractivity contribution in [2.75, 3.05) is 0 Å². The second-order valence-corrected chi connectivity index (χ2v) is 7.20. The Kier molecular flexibility index (Phi) is 4.18. The van der Waals surface area contributed by atoms with E-state index in [1.807, 2.05) is 62.6 Å². The lowest BCUT2D eigenvalue weighted by Gasteiger charge is -2.21. The van der Waals surface area contributed by atoms with Crippen LogP contribution in [-0.2, 0) is 14.1 Å². The average Bonchev–Trinajstić information content (AvgIpc) is 3.18. The van der Waals surface area contributed by atoms with Crippen molar-refractivity contribution in [2.45, 2.75) is 19.9 Å². The van der Waals surface area contributed by atoms with Crippen LogP contribution in [0.2, 0.25) is 0 Å². The molecule has 0 spiro atoms. The molecule has 0 aliphatic carbocycles. The Hall–Kier alpha value is -3.15. The number of aryl methyl sites for hydroxylation is 2. The molecule has 6 nitrogen and oxygen atoms in total. The second kappa shape index (κ2) is 6.54. The maximum Gasteiger partial charge on any atom is 0.273 e. The van der Waals surface area contributed by atoms with Crippen molar-refractivity contribution in [1.29, 1.82) is 0 Å². The van der Waals surface area contributed by atoms with Gasteiger partial charge in [0, 0.05) is 19.5 Å². The smallest absolute Gasteiger partial charge is 0.273 e. The van der Waals surface area contributed by atoms with Crippen molar-refractivity contribution in [3.63, 3.8) is 0 Å². The van der Waals surface area contributed by atoms with Gasteiger partial charge in [-0.05, 0) is 24.1 Å². The summed E-state index contributed by atoms with van der Waals surface area (Å²) in [4.78, 5) is 17.8. The van der Waals surface area contributed by atoms with E-state index in [1.165, 1.54) is 0 Å². The molecule has 1 amide bonds. The van der Waals surface area contributed by atoms with E-state index in [2.05, 4.69) is 28.8 Å². The highest BCUT2D eigenvalue weighted by molar-refractivity contribution is 6.05. The first kappa shape index (κ1) is 17.3. The molecule has 4 aromatic rings. The molecule has 0 aliphatic heterocycles. The zero-order valence-corrected chi connectivity index (χ0v) is 16.0. The number of rotatable bonds is 4. The summed E-state index contributed by atoms with van der Waals surface area (Å²) in [5.74, 6) is 0.844. The number of imidazole rings is 1. The number of para-hydroxylation sites is 3. The summed E-state index contributed by atoms with van der Waals surface area (Å²) in [7, 11) is 3.84. The Bertz CT molecular complexity index is 1140. The van der Waals surface area contributed by atoms with Gasteiger partial charge >= 0.3 is 0 Å². The van der Waals surface area contributed by atoms with Crippen LogP contribution in [0, 0.1) is 5.92 Å². The fraction of sp³-hybridized carbons (Fsp3) is 0.286. The summed E-state index contributed by atoms with van der Waals surface area (Å²) in [6.07, 6.45) is 0. The number of amides is 1. The monoisotopic (exact) mass is 361 g/mol. The first-order valence-corrected chi connectivity index (χ1v) is 9.11. The highest BCUT2D eigenvalue weighted by Crippen LogP contribution is 2.26. The largest absolute Gasteiger partial charge is 0.340 e. The number of carbonyl (C=O) groups is 1. The van der Waals surface area contributed by atoms with Crippen molar-refractivity contribution >= 4 is 27.8 Å². The summed E-state index contributed by atoms with van der Waals surface area (Å²) in [5.41, 5.74) is 3.36. The van der Waals surface area contributed by atoms with Crippen molar-refractivity contribution in [2.24, 2.45) is 20.0 Å². The quantitative estimate of drug-likeness (QED) is 0.604. The van der Waals surface area contributed by atoms with Crippen LogP contribution in [-0.4, -0.2) is 25.2 Å². The van der Waals surface area contributed by atoms with Crippen LogP contribution in [0.15, 0.2) is 48.5 Å². The van der Waals surface area contributed by atoms with Crippen LogP contribution in [0.3, 0.4) is 0 Å². The SMILES string of the molecule is CC(C)[C@H](NC(=O)c1nn(C)c2ccccc12)c1nc2ccccc2n1C. The number of fused-ring (bicyclic) bond motifs is 2. The van der Waals surface area contributed by atoms with Crippen LogP contribution < -0.4 is 5.32 Å². The molecule has 1 N–H and O–H groups in total. The van der Waals surface area contributed by atoms with Gasteiger partial charge in [0.25, 0.3) is 5.91 Å². The maximum atomic E-state index is 13.1. The number of carbonyl (C=O) groups excluding carboxylic acids is 1. The molecule has 2 aromatic heterocycles. The summed E-state index contributed by atoms with van der Waals surface area (Å²) in [5, 5.41) is 8.45. The highest BCUT2D eigenvalue weighted by Gasteiger charge is 2.26. The molecule has 0 aliphatic rings. The number of nitrogens with zero attached hydrogens (tertiary/aromatic N) is 4. The van der Waals surface area contributed by atoms with Crippen molar-refractivity contribution in [3.05, 3.63) is 60.0 Å². The second-order valence-electron chi connectivity index (χ2n) is 7.20. The van der Waals surface area contributed by atoms with Crippen LogP contribution in [0.5, 0.6) is 0 Å². The fourth-order valence-corrected chi connectivity index (χ4v) is 3.56. The zero-order chi connectivity index (χ0) is 19.1. The Morgan fingerprint density at radius 2 is 1.67 bits per heavy atom. The summed E-state index contributed by atoms with van der Waals surface area (Å²) < 4.78 is 3.79. The standard InChI is InChI=1S/C21H23N5O/c1-13(2)18(20-22-15-10-6-8-12-17(15)25(20)3)23-21(27)19-14-9-5-7-11-16(14)26(4)24-19/h5-13,18H,1-4H3,(H,23,27)/t18-/m0/s1. The molecule has 2 aromatic carbocycles. The number of aromatic nitrogens is 4. The normalized spacial score (nSPS) is 12.8. The maximum absolute atomic E-state index is 13.1. The zero-order valence-electron chi connectivity index (χ0n) is 16.0. The minimum atomic E-state index is -0.212. The van der Waals surface area contributed by atoms with Crippen molar-refractivity contribution < 1.29 is 4.79 Å². The molecule has 138 valence electrons. The van der Waals surface area contributed by atoms with Crippen molar-refractivity contribution in [1.82, 2.24) is 24.6 Å². The van der Waals surface area contributed by atoms with E-state index in [1.54, 1.807) is 4.68 Å². The van der Waals surface area contributed by atoms with Gasteiger partial charge in [0.1, 0.15) is 5.82 Å². The molecule has 0 fully saturated rings. The molecule has 0 unspecified atom stereocenters. The molecule has 0 saturated heterocycles.